The van der Waals surface area contributed by atoms with Gasteiger partial charge in [-0.2, -0.15) is 0 Å². The van der Waals surface area contributed by atoms with Crippen molar-refractivity contribution >= 4 is 21.7 Å². The molecule has 3 rings (SSSR count). The van der Waals surface area contributed by atoms with Gasteiger partial charge in [-0.1, -0.05) is 15.9 Å². The zero-order valence-corrected chi connectivity index (χ0v) is 15.1. The molecule has 0 bridgehead atoms. The monoisotopic (exact) mass is 376 g/mol. The van der Waals surface area contributed by atoms with Gasteiger partial charge in [0.25, 0.3) is 0 Å². The maximum absolute atomic E-state index is 12.7. The SMILES string of the molecule is Cc1cc(C(=O)CN2CCOCC2)c(C)n1-c1ccc(Br)cc1. The van der Waals surface area contributed by atoms with Gasteiger partial charge in [-0.25, -0.2) is 0 Å². The molecule has 0 unspecified atom stereocenters. The number of morpholine rings is 1. The smallest absolute Gasteiger partial charge is 0.178 e. The van der Waals surface area contributed by atoms with Gasteiger partial charge in [0.2, 0.25) is 0 Å². The Bertz CT molecular complexity index is 701. The average molecular weight is 377 g/mol. The van der Waals surface area contributed by atoms with Gasteiger partial charge in [0.1, 0.15) is 0 Å². The molecule has 0 spiro atoms. The van der Waals surface area contributed by atoms with Crippen LogP contribution in [0.25, 0.3) is 5.69 Å². The zero-order chi connectivity index (χ0) is 16.4. The largest absolute Gasteiger partial charge is 0.379 e. The van der Waals surface area contributed by atoms with E-state index in [0.29, 0.717) is 19.8 Å². The van der Waals surface area contributed by atoms with E-state index in [4.69, 9.17) is 4.74 Å². The minimum atomic E-state index is 0.184. The summed E-state index contributed by atoms with van der Waals surface area (Å²) in [4.78, 5) is 14.8. The number of hydrogen-bond donors (Lipinski definition) is 0. The van der Waals surface area contributed by atoms with Crippen molar-refractivity contribution in [2.75, 3.05) is 32.8 Å². The quantitative estimate of drug-likeness (QED) is 0.767. The van der Waals surface area contributed by atoms with Gasteiger partial charge in [-0.05, 0) is 44.2 Å². The molecule has 0 atom stereocenters. The molecule has 1 saturated heterocycles. The summed E-state index contributed by atoms with van der Waals surface area (Å²) in [6.45, 7) is 7.61. The fraction of sp³-hybridized carbons (Fsp3) is 0.389. The number of aromatic nitrogens is 1. The van der Waals surface area contributed by atoms with Crippen LogP contribution in [0.3, 0.4) is 0 Å². The first kappa shape index (κ1) is 16.4. The van der Waals surface area contributed by atoms with Crippen LogP contribution >= 0.6 is 15.9 Å². The predicted octanol–water partition coefficient (Wildman–Crippen LogP) is 3.37. The van der Waals surface area contributed by atoms with Crippen molar-refractivity contribution in [1.29, 1.82) is 0 Å². The predicted molar refractivity (Wildman–Crippen MR) is 94.5 cm³/mol. The van der Waals surface area contributed by atoms with Crippen LogP contribution in [0.1, 0.15) is 21.7 Å². The Kier molecular flexibility index (Phi) is 4.99. The Morgan fingerprint density at radius 1 is 1.17 bits per heavy atom. The summed E-state index contributed by atoms with van der Waals surface area (Å²) in [6, 6.07) is 10.1. The van der Waals surface area contributed by atoms with E-state index >= 15 is 0 Å². The number of hydrogen-bond acceptors (Lipinski definition) is 3. The first-order valence-corrected chi connectivity index (χ1v) is 8.64. The van der Waals surface area contributed by atoms with Gasteiger partial charge in [-0.15, -0.1) is 0 Å². The highest BCUT2D eigenvalue weighted by atomic mass is 79.9. The summed E-state index contributed by atoms with van der Waals surface area (Å²) in [5.41, 5.74) is 3.98. The Labute approximate surface area is 145 Å². The number of ketones is 1. The number of nitrogens with zero attached hydrogens (tertiary/aromatic N) is 2. The van der Waals surface area contributed by atoms with Crippen molar-refractivity contribution in [3.8, 4) is 5.69 Å². The molecular weight excluding hydrogens is 356 g/mol. The third-order valence-corrected chi connectivity index (χ3v) is 4.82. The van der Waals surface area contributed by atoms with Gasteiger partial charge in [0.15, 0.2) is 5.78 Å². The lowest BCUT2D eigenvalue weighted by molar-refractivity contribution is 0.0371. The van der Waals surface area contributed by atoms with Crippen LogP contribution in [0.2, 0.25) is 0 Å². The second-order valence-electron chi connectivity index (χ2n) is 5.91. The number of rotatable bonds is 4. The second-order valence-corrected chi connectivity index (χ2v) is 6.82. The van der Waals surface area contributed by atoms with Crippen molar-refractivity contribution in [1.82, 2.24) is 9.47 Å². The fourth-order valence-corrected chi connectivity index (χ4v) is 3.34. The molecule has 2 heterocycles. The number of benzene rings is 1. The first-order valence-electron chi connectivity index (χ1n) is 7.84. The molecule has 1 aromatic carbocycles. The van der Waals surface area contributed by atoms with Gasteiger partial charge in [0, 0.05) is 40.2 Å². The van der Waals surface area contributed by atoms with Crippen molar-refractivity contribution in [2.24, 2.45) is 0 Å². The second kappa shape index (κ2) is 6.99. The van der Waals surface area contributed by atoms with Crippen LogP contribution in [0, 0.1) is 13.8 Å². The summed E-state index contributed by atoms with van der Waals surface area (Å²) in [7, 11) is 0. The number of aryl methyl sites for hydroxylation is 1. The van der Waals surface area contributed by atoms with Crippen LogP contribution in [0.4, 0.5) is 0 Å². The Balaban J connectivity index is 1.85. The molecule has 122 valence electrons. The lowest BCUT2D eigenvalue weighted by Crippen LogP contribution is -2.39. The zero-order valence-electron chi connectivity index (χ0n) is 13.5. The molecule has 0 saturated carbocycles. The molecule has 2 aromatic rings. The summed E-state index contributed by atoms with van der Waals surface area (Å²) in [5, 5.41) is 0. The van der Waals surface area contributed by atoms with Crippen LogP contribution in [0.5, 0.6) is 0 Å². The standard InChI is InChI=1S/C18H21BrN2O2/c1-13-11-17(18(22)12-20-7-9-23-10-8-20)14(2)21(13)16-5-3-15(19)4-6-16/h3-6,11H,7-10,12H2,1-2H3. The lowest BCUT2D eigenvalue weighted by Gasteiger charge is -2.25. The normalized spacial score (nSPS) is 15.8. The molecule has 1 aliphatic rings. The average Bonchev–Trinajstić information content (AvgIpc) is 2.84. The Morgan fingerprint density at radius 3 is 2.48 bits per heavy atom. The fourth-order valence-electron chi connectivity index (χ4n) is 3.08. The maximum Gasteiger partial charge on any atom is 0.178 e. The van der Waals surface area contributed by atoms with E-state index in [1.54, 1.807) is 0 Å². The summed E-state index contributed by atoms with van der Waals surface area (Å²) < 4.78 is 8.53. The molecule has 4 nitrogen and oxygen atoms in total. The van der Waals surface area contributed by atoms with Crippen LogP contribution in [-0.4, -0.2) is 48.1 Å². The molecule has 0 aliphatic carbocycles. The molecule has 5 heteroatoms. The first-order chi connectivity index (χ1) is 11.1. The highest BCUT2D eigenvalue weighted by Gasteiger charge is 2.20. The van der Waals surface area contributed by atoms with E-state index < -0.39 is 0 Å². The highest BCUT2D eigenvalue weighted by Crippen LogP contribution is 2.23. The van der Waals surface area contributed by atoms with Crippen molar-refractivity contribution in [2.45, 2.75) is 13.8 Å². The third kappa shape index (κ3) is 3.57. The number of carbonyl (C=O) groups is 1. The number of Topliss-reactive ketones (excluding diaryl/α,β-unsaturated/α-hetero) is 1. The van der Waals surface area contributed by atoms with Gasteiger partial charge in [-0.3, -0.25) is 9.69 Å². The lowest BCUT2D eigenvalue weighted by atomic mass is 10.1. The molecule has 0 radical (unpaired) electrons. The van der Waals surface area contributed by atoms with E-state index in [1.807, 2.05) is 32.0 Å². The third-order valence-electron chi connectivity index (χ3n) is 4.29. The van der Waals surface area contributed by atoms with Crippen LogP contribution in [0.15, 0.2) is 34.8 Å². The summed E-state index contributed by atoms with van der Waals surface area (Å²) >= 11 is 3.46. The van der Waals surface area contributed by atoms with Gasteiger partial charge in [0.05, 0.1) is 19.8 Å². The van der Waals surface area contributed by atoms with Crippen molar-refractivity contribution in [3.63, 3.8) is 0 Å². The van der Waals surface area contributed by atoms with Crippen LogP contribution in [-0.2, 0) is 4.74 Å². The van der Waals surface area contributed by atoms with Gasteiger partial charge < -0.3 is 9.30 Å². The molecule has 0 N–H and O–H groups in total. The van der Waals surface area contributed by atoms with E-state index in [0.717, 1.165) is 40.2 Å². The van der Waals surface area contributed by atoms with E-state index in [1.165, 1.54) is 0 Å². The highest BCUT2D eigenvalue weighted by molar-refractivity contribution is 9.10. The van der Waals surface area contributed by atoms with Crippen molar-refractivity contribution in [3.05, 3.63) is 51.8 Å². The summed E-state index contributed by atoms with van der Waals surface area (Å²) in [6.07, 6.45) is 0. The number of ether oxygens (including phenoxy) is 1. The van der Waals surface area contributed by atoms with E-state index in [2.05, 4.69) is 37.5 Å². The molecule has 1 aromatic heterocycles. The van der Waals surface area contributed by atoms with E-state index in [9.17, 15) is 4.79 Å². The topological polar surface area (TPSA) is 34.5 Å². The number of halogens is 1. The molecular formula is C18H21BrN2O2. The summed E-state index contributed by atoms with van der Waals surface area (Å²) in [5.74, 6) is 0.184. The van der Waals surface area contributed by atoms with Gasteiger partial charge >= 0.3 is 0 Å². The van der Waals surface area contributed by atoms with Crippen molar-refractivity contribution < 1.29 is 9.53 Å². The van der Waals surface area contributed by atoms with E-state index in [-0.39, 0.29) is 5.78 Å². The molecule has 1 fully saturated rings. The maximum atomic E-state index is 12.7. The van der Waals surface area contributed by atoms with Crippen LogP contribution < -0.4 is 0 Å². The molecule has 1 aliphatic heterocycles. The molecule has 0 amide bonds. The number of carbonyl (C=O) groups excluding carboxylic acids is 1. The minimum Gasteiger partial charge on any atom is -0.379 e. The Morgan fingerprint density at radius 2 is 1.83 bits per heavy atom. The molecule has 23 heavy (non-hydrogen) atoms. The Hall–Kier alpha value is -1.43. The minimum absolute atomic E-state index is 0.184.